The van der Waals surface area contributed by atoms with E-state index < -0.39 is 29.1 Å². The monoisotopic (exact) mass is 558 g/mol. The summed E-state index contributed by atoms with van der Waals surface area (Å²) in [4.78, 5) is 28.5. The lowest BCUT2D eigenvalue weighted by Crippen LogP contribution is -2.37. The molecule has 0 radical (unpaired) electrons. The Morgan fingerprint density at radius 3 is 2.23 bits per heavy atom. The van der Waals surface area contributed by atoms with Gasteiger partial charge in [-0.25, -0.2) is 14.0 Å². The number of nitrogens with zero attached hydrogens (tertiary/aromatic N) is 1. The third-order valence-electron chi connectivity index (χ3n) is 6.58. The first kappa shape index (κ1) is 30.2. The molecule has 0 amide bonds. The number of rotatable bonds is 10. The van der Waals surface area contributed by atoms with Crippen molar-refractivity contribution in [1.82, 2.24) is 10.2 Å². The third-order valence-corrected chi connectivity index (χ3v) is 6.87. The van der Waals surface area contributed by atoms with Crippen molar-refractivity contribution in [1.29, 1.82) is 0 Å². The Kier molecular flexibility index (Phi) is 9.80. The van der Waals surface area contributed by atoms with E-state index in [9.17, 15) is 9.59 Å². The summed E-state index contributed by atoms with van der Waals surface area (Å²) in [5.74, 6) is -2.29. The molecule has 0 spiro atoms. The zero-order valence-electron chi connectivity index (χ0n) is 23.5. The summed E-state index contributed by atoms with van der Waals surface area (Å²) >= 11 is 6.07. The molecule has 2 aromatic carbocycles. The summed E-state index contributed by atoms with van der Waals surface area (Å²) in [6, 6.07) is 12.4. The van der Waals surface area contributed by atoms with Gasteiger partial charge in [0, 0.05) is 35.5 Å². The number of dihydropyridines is 1. The summed E-state index contributed by atoms with van der Waals surface area (Å²) in [6.07, 6.45) is 0. The average Bonchev–Trinajstić information content (AvgIpc) is 2.88. The number of esters is 2. The molecular weight excluding hydrogens is 523 g/mol. The molecule has 7 nitrogen and oxygen atoms in total. The van der Waals surface area contributed by atoms with E-state index in [1.807, 2.05) is 45.2 Å². The number of carbonyl (C=O) groups is 2. The molecule has 0 saturated carbocycles. The van der Waals surface area contributed by atoms with Crippen LogP contribution in [0.3, 0.4) is 0 Å². The van der Waals surface area contributed by atoms with Crippen molar-refractivity contribution in [2.75, 3.05) is 34.4 Å². The van der Waals surface area contributed by atoms with Gasteiger partial charge in [-0.1, -0.05) is 49.7 Å². The molecule has 0 bridgehead atoms. The fourth-order valence-electron chi connectivity index (χ4n) is 4.91. The molecule has 0 saturated heterocycles. The number of nitrogens with one attached hydrogen (secondary N) is 1. The topological polar surface area (TPSA) is 77.1 Å². The Labute approximate surface area is 234 Å². The quantitative estimate of drug-likeness (QED) is 0.380. The highest BCUT2D eigenvalue weighted by Crippen LogP contribution is 2.41. The zero-order chi connectivity index (χ0) is 28.9. The Balaban J connectivity index is 1.80. The lowest BCUT2D eigenvalue weighted by molar-refractivity contribution is -0.142. The normalized spacial score (nSPS) is 15.8. The van der Waals surface area contributed by atoms with Gasteiger partial charge in [-0.2, -0.15) is 0 Å². The summed E-state index contributed by atoms with van der Waals surface area (Å²) < 4.78 is 31.3. The molecule has 0 aromatic heterocycles. The number of benzene rings is 2. The molecule has 1 heterocycles. The first-order chi connectivity index (χ1) is 18.4. The van der Waals surface area contributed by atoms with Gasteiger partial charge in [0.1, 0.15) is 11.6 Å². The minimum Gasteiger partial charge on any atom is -0.497 e. The molecule has 2 aromatic rings. The Hall–Kier alpha value is -3.36. The van der Waals surface area contributed by atoms with Crippen LogP contribution in [0.5, 0.6) is 5.75 Å². The van der Waals surface area contributed by atoms with Crippen LogP contribution >= 0.6 is 11.6 Å². The number of allylic oxidation sites excluding steroid dienone is 2. The summed E-state index contributed by atoms with van der Waals surface area (Å²) in [5, 5.41) is 2.95. The molecular formula is C30H36ClFN2O5. The van der Waals surface area contributed by atoms with Crippen LogP contribution in [-0.4, -0.2) is 51.3 Å². The average molecular weight is 559 g/mol. The molecule has 0 fully saturated rings. The molecule has 3 rings (SSSR count). The van der Waals surface area contributed by atoms with E-state index >= 15 is 4.39 Å². The lowest BCUT2D eigenvalue weighted by Gasteiger charge is -2.33. The van der Waals surface area contributed by atoms with Crippen LogP contribution < -0.4 is 10.1 Å². The van der Waals surface area contributed by atoms with Crippen LogP contribution in [0.15, 0.2) is 65.0 Å². The van der Waals surface area contributed by atoms with Crippen LogP contribution in [0, 0.1) is 11.2 Å². The van der Waals surface area contributed by atoms with Crippen LogP contribution in [0.4, 0.5) is 4.39 Å². The zero-order valence-corrected chi connectivity index (χ0v) is 24.2. The molecule has 1 atom stereocenters. The number of hydrogen-bond donors (Lipinski definition) is 1. The van der Waals surface area contributed by atoms with Crippen LogP contribution in [-0.2, 0) is 25.6 Å². The maximum Gasteiger partial charge on any atom is 0.336 e. The van der Waals surface area contributed by atoms with Gasteiger partial charge in [0.15, 0.2) is 0 Å². The molecule has 39 heavy (non-hydrogen) atoms. The van der Waals surface area contributed by atoms with Crippen LogP contribution in [0.1, 0.15) is 44.7 Å². The second kappa shape index (κ2) is 12.7. The van der Waals surface area contributed by atoms with Gasteiger partial charge in [-0.3, -0.25) is 0 Å². The van der Waals surface area contributed by atoms with Gasteiger partial charge in [0.25, 0.3) is 0 Å². The van der Waals surface area contributed by atoms with E-state index in [0.717, 1.165) is 11.3 Å². The third kappa shape index (κ3) is 7.19. The Morgan fingerprint density at radius 2 is 1.64 bits per heavy atom. The summed E-state index contributed by atoms with van der Waals surface area (Å²) in [7, 11) is 4.87. The lowest BCUT2D eigenvalue weighted by atomic mass is 9.80. The van der Waals surface area contributed by atoms with E-state index in [4.69, 9.17) is 25.8 Å². The highest BCUT2D eigenvalue weighted by Gasteiger charge is 2.40. The van der Waals surface area contributed by atoms with Crippen molar-refractivity contribution in [2.45, 2.75) is 40.2 Å². The smallest absolute Gasteiger partial charge is 0.336 e. The fourth-order valence-corrected chi connectivity index (χ4v) is 5.09. The second-order valence-electron chi connectivity index (χ2n) is 10.5. The van der Waals surface area contributed by atoms with Gasteiger partial charge in [-0.05, 0) is 44.7 Å². The van der Waals surface area contributed by atoms with Gasteiger partial charge < -0.3 is 24.4 Å². The van der Waals surface area contributed by atoms with Gasteiger partial charge in [-0.15, -0.1) is 0 Å². The second-order valence-corrected chi connectivity index (χ2v) is 10.9. The number of hydrogen-bond acceptors (Lipinski definition) is 7. The first-order valence-electron chi connectivity index (χ1n) is 12.6. The molecule has 1 N–H and O–H groups in total. The van der Waals surface area contributed by atoms with E-state index in [2.05, 4.69) is 10.2 Å². The summed E-state index contributed by atoms with van der Waals surface area (Å²) in [5.41, 5.74) is 1.99. The number of carbonyl (C=O) groups excluding carboxylic acids is 2. The van der Waals surface area contributed by atoms with Crippen molar-refractivity contribution >= 4 is 23.5 Å². The first-order valence-corrected chi connectivity index (χ1v) is 13.0. The maximum absolute atomic E-state index is 15.2. The minimum absolute atomic E-state index is 0.0912. The van der Waals surface area contributed by atoms with Crippen molar-refractivity contribution in [3.63, 3.8) is 0 Å². The Bertz CT molecular complexity index is 1290. The molecule has 9 heteroatoms. The van der Waals surface area contributed by atoms with Crippen LogP contribution in [0.25, 0.3) is 0 Å². The maximum atomic E-state index is 15.2. The minimum atomic E-state index is -1.05. The van der Waals surface area contributed by atoms with Crippen molar-refractivity contribution < 1.29 is 28.2 Å². The standard InChI is InChI=1S/C30H36ClFN2O5/c1-18-24(28(35)38-7)26(22-9-8-10-23(31)27(22)32)25(19(2)33-18)29(36)39-17-30(3,4)16-34(5)15-20-11-13-21(37-6)14-12-20/h8-14,26,33H,15-17H2,1-7H3. The highest BCUT2D eigenvalue weighted by molar-refractivity contribution is 6.30. The predicted molar refractivity (Wildman–Crippen MR) is 149 cm³/mol. The molecule has 210 valence electrons. The van der Waals surface area contributed by atoms with E-state index in [-0.39, 0.29) is 28.3 Å². The SMILES string of the molecule is COC(=O)C1=C(C)NC(C)=C(C(=O)OCC(C)(C)CN(C)Cc2ccc(OC)cc2)C1c1cccc(Cl)c1F. The number of methoxy groups -OCH3 is 2. The number of halogens is 2. The number of ether oxygens (including phenoxy) is 3. The highest BCUT2D eigenvalue weighted by atomic mass is 35.5. The van der Waals surface area contributed by atoms with Gasteiger partial charge in [0.05, 0.1) is 42.9 Å². The van der Waals surface area contributed by atoms with E-state index in [0.29, 0.717) is 24.5 Å². The molecule has 1 aliphatic rings. The van der Waals surface area contributed by atoms with E-state index in [1.165, 1.54) is 19.2 Å². The van der Waals surface area contributed by atoms with Crippen molar-refractivity contribution in [3.8, 4) is 5.75 Å². The molecule has 1 unspecified atom stereocenters. The van der Waals surface area contributed by atoms with Crippen molar-refractivity contribution in [2.24, 2.45) is 5.41 Å². The molecule has 1 aliphatic heterocycles. The van der Waals surface area contributed by atoms with Gasteiger partial charge in [0.2, 0.25) is 0 Å². The van der Waals surface area contributed by atoms with Crippen molar-refractivity contribution in [3.05, 3.63) is 87.0 Å². The Morgan fingerprint density at radius 1 is 1.03 bits per heavy atom. The molecule has 0 aliphatic carbocycles. The van der Waals surface area contributed by atoms with Gasteiger partial charge >= 0.3 is 11.9 Å². The largest absolute Gasteiger partial charge is 0.497 e. The predicted octanol–water partition coefficient (Wildman–Crippen LogP) is 5.60. The van der Waals surface area contributed by atoms with E-state index in [1.54, 1.807) is 27.0 Å². The summed E-state index contributed by atoms with van der Waals surface area (Å²) in [6.45, 7) is 8.83. The fraction of sp³-hybridized carbons (Fsp3) is 0.400. The van der Waals surface area contributed by atoms with Crippen LogP contribution in [0.2, 0.25) is 5.02 Å².